The van der Waals surface area contributed by atoms with Gasteiger partial charge in [-0.3, -0.25) is 4.79 Å². The molecule has 6 nitrogen and oxygen atoms in total. The molecule has 0 bridgehead atoms. The highest BCUT2D eigenvalue weighted by Gasteiger charge is 2.18. The number of rotatable bonds is 7. The van der Waals surface area contributed by atoms with Crippen LogP contribution in [-0.4, -0.2) is 26.3 Å². The van der Waals surface area contributed by atoms with E-state index in [-0.39, 0.29) is 5.24 Å². The third-order valence-electron chi connectivity index (χ3n) is 6.22. The lowest BCUT2D eigenvalue weighted by molar-refractivity contribution is 0.261. The van der Waals surface area contributed by atoms with Gasteiger partial charge in [-0.2, -0.15) is 10.4 Å². The average molecular weight is 480 g/mol. The van der Waals surface area contributed by atoms with Crippen LogP contribution in [0.2, 0.25) is 0 Å². The van der Waals surface area contributed by atoms with Crippen molar-refractivity contribution in [3.63, 3.8) is 0 Å². The van der Waals surface area contributed by atoms with Crippen molar-refractivity contribution < 1.29 is 4.79 Å². The van der Waals surface area contributed by atoms with Crippen LogP contribution in [0, 0.1) is 11.3 Å². The maximum atomic E-state index is 11.5. The summed E-state index contributed by atoms with van der Waals surface area (Å²) < 4.78 is 2.29. The van der Waals surface area contributed by atoms with Crippen molar-refractivity contribution in [3.8, 4) is 17.2 Å². The molecule has 174 valence electrons. The number of nitriles is 1. The van der Waals surface area contributed by atoms with Gasteiger partial charge in [-0.05, 0) is 41.3 Å². The van der Waals surface area contributed by atoms with E-state index in [9.17, 15) is 10.1 Å². The molecule has 1 aliphatic heterocycles. The third-order valence-corrected chi connectivity index (χ3v) is 6.99. The largest absolute Gasteiger partial charge is 0.323 e. The fraction of sp³-hybridized carbons (Fsp3) is 0.214. The molecule has 0 unspecified atom stereocenters. The van der Waals surface area contributed by atoms with Gasteiger partial charge in [0.15, 0.2) is 0 Å². The number of nitrogens with one attached hydrogen (secondary N) is 1. The molecule has 0 saturated carbocycles. The lowest BCUT2D eigenvalue weighted by Gasteiger charge is -2.15. The smallest absolute Gasteiger partial charge is 0.299 e. The standard InChI is InChI=1S/C28H25N5OS/c1-2-3-12-27-30-24-15-19(25-18-35-28(34)32-31-25)13-14-26(24)33(27)17-21-9-5-7-11-23(21)22-10-6-4-8-20(22)16-29/h4-11,13-15H,2-3,12,17-18H2,1H3,(H,32,34). The van der Waals surface area contributed by atoms with Crippen LogP contribution in [0.3, 0.4) is 0 Å². The van der Waals surface area contributed by atoms with E-state index in [0.717, 1.165) is 64.1 Å². The maximum absolute atomic E-state index is 11.5. The highest BCUT2D eigenvalue weighted by molar-refractivity contribution is 8.14. The predicted octanol–water partition coefficient (Wildman–Crippen LogP) is 6.13. The first-order valence-electron chi connectivity index (χ1n) is 11.7. The Bertz CT molecular complexity index is 1480. The number of aryl methyl sites for hydroxylation is 1. The SMILES string of the molecule is CCCCc1nc2cc(C3=NNC(=O)SC3)ccc2n1Cc1ccccc1-c1ccccc1C#N. The molecule has 1 N–H and O–H groups in total. The van der Waals surface area contributed by atoms with Crippen molar-refractivity contribution in [1.82, 2.24) is 15.0 Å². The number of carbonyl (C=O) groups excluding carboxylic acids is 1. The zero-order valence-electron chi connectivity index (χ0n) is 19.5. The number of hydrogen-bond acceptors (Lipinski definition) is 5. The predicted molar refractivity (Wildman–Crippen MR) is 142 cm³/mol. The van der Waals surface area contributed by atoms with Gasteiger partial charge in [0.2, 0.25) is 0 Å². The summed E-state index contributed by atoms with van der Waals surface area (Å²) in [5, 5.41) is 13.8. The van der Waals surface area contributed by atoms with E-state index < -0.39 is 0 Å². The summed E-state index contributed by atoms with van der Waals surface area (Å²) >= 11 is 1.22. The Labute approximate surface area is 208 Å². The lowest BCUT2D eigenvalue weighted by Crippen LogP contribution is -2.23. The van der Waals surface area contributed by atoms with E-state index in [4.69, 9.17) is 4.98 Å². The van der Waals surface area contributed by atoms with Gasteiger partial charge >= 0.3 is 0 Å². The van der Waals surface area contributed by atoms with Gasteiger partial charge in [0.1, 0.15) is 5.82 Å². The molecule has 4 aromatic rings. The summed E-state index contributed by atoms with van der Waals surface area (Å²) in [6, 6.07) is 24.6. The Morgan fingerprint density at radius 1 is 1.09 bits per heavy atom. The van der Waals surface area contributed by atoms with Crippen LogP contribution in [0.15, 0.2) is 71.8 Å². The molecule has 1 aromatic heterocycles. The second kappa shape index (κ2) is 10.2. The highest BCUT2D eigenvalue weighted by Crippen LogP contribution is 2.29. The van der Waals surface area contributed by atoms with Gasteiger partial charge in [-0.25, -0.2) is 10.4 Å². The molecule has 0 spiro atoms. The zero-order valence-corrected chi connectivity index (χ0v) is 20.3. The van der Waals surface area contributed by atoms with Crippen molar-refractivity contribution in [1.29, 1.82) is 5.26 Å². The number of carbonyl (C=O) groups is 1. The van der Waals surface area contributed by atoms with Crippen LogP contribution in [-0.2, 0) is 13.0 Å². The van der Waals surface area contributed by atoms with Crippen molar-refractivity contribution >= 4 is 33.7 Å². The molecule has 0 atom stereocenters. The van der Waals surface area contributed by atoms with Crippen molar-refractivity contribution in [3.05, 3.63) is 89.2 Å². The molecule has 1 aliphatic rings. The van der Waals surface area contributed by atoms with Gasteiger partial charge in [0.25, 0.3) is 5.24 Å². The topological polar surface area (TPSA) is 83.1 Å². The van der Waals surface area contributed by atoms with Gasteiger partial charge in [-0.15, -0.1) is 0 Å². The van der Waals surface area contributed by atoms with Crippen molar-refractivity contribution in [2.24, 2.45) is 5.10 Å². The van der Waals surface area contributed by atoms with Crippen LogP contribution in [0.4, 0.5) is 4.79 Å². The number of hydrogen-bond donors (Lipinski definition) is 1. The zero-order chi connectivity index (χ0) is 24.2. The molecule has 1 amide bonds. The molecule has 7 heteroatoms. The van der Waals surface area contributed by atoms with E-state index in [1.165, 1.54) is 11.8 Å². The summed E-state index contributed by atoms with van der Waals surface area (Å²) in [6.07, 6.45) is 3.04. The fourth-order valence-corrected chi connectivity index (χ4v) is 5.04. The van der Waals surface area contributed by atoms with Gasteiger partial charge in [0.05, 0.1) is 28.4 Å². The monoisotopic (exact) mass is 479 g/mol. The second-order valence-corrected chi connectivity index (χ2v) is 9.43. The molecule has 0 radical (unpaired) electrons. The molecular formula is C28H25N5OS. The van der Waals surface area contributed by atoms with Crippen molar-refractivity contribution in [2.75, 3.05) is 5.75 Å². The maximum Gasteiger partial charge on any atom is 0.299 e. The number of aromatic nitrogens is 2. The fourth-order valence-electron chi connectivity index (χ4n) is 4.43. The first-order valence-corrected chi connectivity index (χ1v) is 12.7. The number of imidazole rings is 1. The third kappa shape index (κ3) is 4.71. The summed E-state index contributed by atoms with van der Waals surface area (Å²) in [6.45, 7) is 2.85. The van der Waals surface area contributed by atoms with E-state index in [1.807, 2.05) is 36.4 Å². The minimum Gasteiger partial charge on any atom is -0.323 e. The van der Waals surface area contributed by atoms with E-state index >= 15 is 0 Å². The van der Waals surface area contributed by atoms with Gasteiger partial charge < -0.3 is 4.57 Å². The van der Waals surface area contributed by atoms with Crippen LogP contribution < -0.4 is 5.43 Å². The second-order valence-electron chi connectivity index (χ2n) is 8.48. The van der Waals surface area contributed by atoms with E-state index in [0.29, 0.717) is 17.9 Å². The lowest BCUT2D eigenvalue weighted by atomic mass is 9.95. The van der Waals surface area contributed by atoms with E-state index in [1.54, 1.807) is 0 Å². The van der Waals surface area contributed by atoms with Crippen LogP contribution in [0.25, 0.3) is 22.2 Å². The number of hydrazone groups is 1. The van der Waals surface area contributed by atoms with Crippen molar-refractivity contribution in [2.45, 2.75) is 32.7 Å². The molecule has 0 fully saturated rings. The highest BCUT2D eigenvalue weighted by atomic mass is 32.2. The number of fused-ring (bicyclic) bond motifs is 1. The molecule has 0 saturated heterocycles. The number of amides is 1. The Hall–Kier alpha value is -3.89. The minimum absolute atomic E-state index is 0.127. The molecular weight excluding hydrogens is 454 g/mol. The number of unbranched alkanes of at least 4 members (excludes halogenated alkanes) is 1. The summed E-state index contributed by atoms with van der Waals surface area (Å²) in [5.74, 6) is 1.60. The minimum atomic E-state index is -0.127. The van der Waals surface area contributed by atoms with Crippen LogP contribution in [0.5, 0.6) is 0 Å². The molecule has 5 rings (SSSR count). The molecule has 0 aliphatic carbocycles. The number of nitrogens with zero attached hydrogens (tertiary/aromatic N) is 4. The average Bonchev–Trinajstić information content (AvgIpc) is 3.24. The first-order chi connectivity index (χ1) is 17.2. The first kappa shape index (κ1) is 22.9. The summed E-state index contributed by atoms with van der Waals surface area (Å²) in [7, 11) is 0. The number of benzene rings is 3. The summed E-state index contributed by atoms with van der Waals surface area (Å²) in [4.78, 5) is 16.5. The summed E-state index contributed by atoms with van der Waals surface area (Å²) in [5.41, 5.74) is 10.2. The Morgan fingerprint density at radius 2 is 1.89 bits per heavy atom. The van der Waals surface area contributed by atoms with Gasteiger partial charge in [-0.1, -0.05) is 73.6 Å². The van der Waals surface area contributed by atoms with Gasteiger partial charge in [0, 0.05) is 24.3 Å². The Morgan fingerprint density at radius 3 is 2.66 bits per heavy atom. The van der Waals surface area contributed by atoms with Crippen LogP contribution >= 0.6 is 11.8 Å². The van der Waals surface area contributed by atoms with E-state index in [2.05, 4.69) is 58.4 Å². The normalized spacial score (nSPS) is 13.4. The quantitative estimate of drug-likeness (QED) is 0.346. The molecule has 35 heavy (non-hydrogen) atoms. The Kier molecular flexibility index (Phi) is 6.64. The molecule has 2 heterocycles. The molecule has 3 aromatic carbocycles. The van der Waals surface area contributed by atoms with Crippen LogP contribution in [0.1, 0.15) is 42.3 Å². The Balaban J connectivity index is 1.58. The number of thioether (sulfide) groups is 1.